The maximum Gasteiger partial charge on any atom is 0.289 e. The van der Waals surface area contributed by atoms with E-state index in [2.05, 4.69) is 5.32 Å². The summed E-state index contributed by atoms with van der Waals surface area (Å²) < 4.78 is 1.22. The van der Waals surface area contributed by atoms with E-state index in [-0.39, 0.29) is 28.5 Å². The smallest absolute Gasteiger partial charge is 0.289 e. The second-order valence-corrected chi connectivity index (χ2v) is 4.55. The number of amides is 1. The largest absolute Gasteiger partial charge is 0.324 e. The average molecular weight is 308 g/mol. The quantitative estimate of drug-likeness (QED) is 0.691. The minimum absolute atomic E-state index is 0.0164. The maximum absolute atomic E-state index is 11.8. The highest BCUT2D eigenvalue weighted by molar-refractivity contribution is 6.32. The van der Waals surface area contributed by atoms with Crippen LogP contribution in [0.15, 0.2) is 47.4 Å². The zero-order valence-corrected chi connectivity index (χ0v) is 11.4. The Morgan fingerprint density at radius 1 is 1.33 bits per heavy atom. The molecule has 0 spiro atoms. The van der Waals surface area contributed by atoms with Crippen molar-refractivity contribution in [3.05, 3.63) is 68.1 Å². The Bertz CT molecular complexity index is 757. The number of nitro benzene ring substituents is 1. The van der Waals surface area contributed by atoms with Crippen LogP contribution in [0.25, 0.3) is 0 Å². The van der Waals surface area contributed by atoms with Crippen LogP contribution in [-0.2, 0) is 11.3 Å². The molecule has 1 aromatic heterocycles. The van der Waals surface area contributed by atoms with E-state index in [9.17, 15) is 19.7 Å². The lowest BCUT2D eigenvalue weighted by Crippen LogP contribution is -2.26. The van der Waals surface area contributed by atoms with Crippen molar-refractivity contribution in [3.8, 4) is 0 Å². The molecule has 0 radical (unpaired) electrons. The van der Waals surface area contributed by atoms with E-state index in [1.807, 2.05) is 0 Å². The number of nitrogens with one attached hydrogen (secondary N) is 1. The van der Waals surface area contributed by atoms with Gasteiger partial charge in [0, 0.05) is 24.0 Å². The molecule has 0 aliphatic rings. The van der Waals surface area contributed by atoms with Crippen molar-refractivity contribution in [2.45, 2.75) is 6.54 Å². The first-order chi connectivity index (χ1) is 9.97. The van der Waals surface area contributed by atoms with Gasteiger partial charge in [-0.25, -0.2) is 0 Å². The van der Waals surface area contributed by atoms with E-state index in [0.29, 0.717) is 0 Å². The number of nitro groups is 1. The van der Waals surface area contributed by atoms with E-state index in [4.69, 9.17) is 11.6 Å². The molecule has 8 heteroatoms. The molecule has 108 valence electrons. The number of anilines is 1. The molecule has 0 bridgehead atoms. The standard InChI is InChI=1S/C13H10ClN3O4/c14-10-5-4-9(7-11(10)17(20)21)15-12(18)8-16-6-2-1-3-13(16)19/h1-7H,8H2,(H,15,18). The number of hydrogen-bond acceptors (Lipinski definition) is 4. The van der Waals surface area contributed by atoms with E-state index >= 15 is 0 Å². The SMILES string of the molecule is O=C(Cn1ccccc1=O)Nc1ccc(Cl)c([N+](=O)[O-])c1. The Balaban J connectivity index is 2.13. The fourth-order valence-corrected chi connectivity index (χ4v) is 1.86. The van der Waals surface area contributed by atoms with Gasteiger partial charge in [0.15, 0.2) is 0 Å². The van der Waals surface area contributed by atoms with Crippen LogP contribution in [0.5, 0.6) is 0 Å². The topological polar surface area (TPSA) is 94.2 Å². The normalized spacial score (nSPS) is 10.1. The highest BCUT2D eigenvalue weighted by atomic mass is 35.5. The first-order valence-electron chi connectivity index (χ1n) is 5.86. The summed E-state index contributed by atoms with van der Waals surface area (Å²) in [6, 6.07) is 8.46. The van der Waals surface area contributed by atoms with Gasteiger partial charge in [0.2, 0.25) is 5.91 Å². The molecular formula is C13H10ClN3O4. The van der Waals surface area contributed by atoms with Crippen LogP contribution in [0.1, 0.15) is 0 Å². The van der Waals surface area contributed by atoms with E-state index in [1.165, 1.54) is 29.0 Å². The first-order valence-corrected chi connectivity index (χ1v) is 6.24. The lowest BCUT2D eigenvalue weighted by molar-refractivity contribution is -0.384. The second-order valence-electron chi connectivity index (χ2n) is 4.14. The van der Waals surface area contributed by atoms with Gasteiger partial charge in [-0.2, -0.15) is 0 Å². The van der Waals surface area contributed by atoms with Crippen LogP contribution in [0.3, 0.4) is 0 Å². The molecule has 0 unspecified atom stereocenters. The van der Waals surface area contributed by atoms with E-state index in [1.54, 1.807) is 12.1 Å². The summed E-state index contributed by atoms with van der Waals surface area (Å²) >= 11 is 5.68. The van der Waals surface area contributed by atoms with Crippen LogP contribution in [0.2, 0.25) is 5.02 Å². The molecule has 0 fully saturated rings. The fraction of sp³-hybridized carbons (Fsp3) is 0.0769. The van der Waals surface area contributed by atoms with Gasteiger partial charge in [-0.15, -0.1) is 0 Å². The van der Waals surface area contributed by atoms with Crippen molar-refractivity contribution in [2.75, 3.05) is 5.32 Å². The number of rotatable bonds is 4. The van der Waals surface area contributed by atoms with Crippen molar-refractivity contribution in [1.29, 1.82) is 0 Å². The molecule has 7 nitrogen and oxygen atoms in total. The molecule has 0 aliphatic heterocycles. The summed E-state index contributed by atoms with van der Waals surface area (Å²) in [6.07, 6.45) is 1.48. The highest BCUT2D eigenvalue weighted by Gasteiger charge is 2.14. The average Bonchev–Trinajstić information content (AvgIpc) is 2.43. The number of benzene rings is 1. The molecule has 0 atom stereocenters. The number of pyridine rings is 1. The minimum Gasteiger partial charge on any atom is -0.324 e. The molecule has 2 rings (SSSR count). The first kappa shape index (κ1) is 14.7. The molecule has 1 N–H and O–H groups in total. The van der Waals surface area contributed by atoms with Gasteiger partial charge in [-0.1, -0.05) is 17.7 Å². The molecule has 21 heavy (non-hydrogen) atoms. The predicted molar refractivity (Wildman–Crippen MR) is 77.4 cm³/mol. The number of halogens is 1. The molecule has 0 saturated carbocycles. The molecule has 1 heterocycles. The monoisotopic (exact) mass is 307 g/mol. The summed E-state index contributed by atoms with van der Waals surface area (Å²) in [5.41, 5.74) is -0.374. The van der Waals surface area contributed by atoms with Gasteiger partial charge in [0.25, 0.3) is 11.2 Å². The fourth-order valence-electron chi connectivity index (χ4n) is 1.68. The van der Waals surface area contributed by atoms with Gasteiger partial charge in [-0.05, 0) is 18.2 Å². The van der Waals surface area contributed by atoms with Gasteiger partial charge >= 0.3 is 0 Å². The number of carbonyl (C=O) groups excluding carboxylic acids is 1. The van der Waals surface area contributed by atoms with Gasteiger partial charge < -0.3 is 9.88 Å². The number of aromatic nitrogens is 1. The zero-order valence-electron chi connectivity index (χ0n) is 10.7. The third-order valence-electron chi connectivity index (χ3n) is 2.64. The maximum atomic E-state index is 11.8. The number of carbonyl (C=O) groups is 1. The summed E-state index contributed by atoms with van der Waals surface area (Å²) in [7, 11) is 0. The number of hydrogen-bond donors (Lipinski definition) is 1. The Morgan fingerprint density at radius 3 is 2.76 bits per heavy atom. The second kappa shape index (κ2) is 6.19. The Labute approximate surface area is 123 Å². The Hall–Kier alpha value is -2.67. The third-order valence-corrected chi connectivity index (χ3v) is 2.96. The van der Waals surface area contributed by atoms with E-state index < -0.39 is 10.8 Å². The molecule has 2 aromatic rings. The molecule has 1 amide bonds. The van der Waals surface area contributed by atoms with Gasteiger partial charge in [0.05, 0.1) is 4.92 Å². The predicted octanol–water partition coefficient (Wildman–Crippen LogP) is 2.05. The summed E-state index contributed by atoms with van der Waals surface area (Å²) in [6.45, 7) is -0.184. The van der Waals surface area contributed by atoms with Crippen LogP contribution in [0, 0.1) is 10.1 Å². The van der Waals surface area contributed by atoms with Crippen molar-refractivity contribution in [1.82, 2.24) is 4.57 Å². The summed E-state index contributed by atoms with van der Waals surface area (Å²) in [5.74, 6) is -0.472. The molecule has 0 saturated heterocycles. The zero-order chi connectivity index (χ0) is 15.4. The molecule has 0 aliphatic carbocycles. The van der Waals surface area contributed by atoms with Crippen LogP contribution >= 0.6 is 11.6 Å². The van der Waals surface area contributed by atoms with E-state index in [0.717, 1.165) is 6.07 Å². The van der Waals surface area contributed by atoms with Crippen molar-refractivity contribution >= 4 is 28.9 Å². The van der Waals surface area contributed by atoms with Crippen molar-refractivity contribution in [3.63, 3.8) is 0 Å². The lowest BCUT2D eigenvalue weighted by atomic mass is 10.2. The lowest BCUT2D eigenvalue weighted by Gasteiger charge is -2.07. The van der Waals surface area contributed by atoms with Crippen LogP contribution in [-0.4, -0.2) is 15.4 Å². The third kappa shape index (κ3) is 3.67. The Kier molecular flexibility index (Phi) is 4.34. The summed E-state index contributed by atoms with van der Waals surface area (Å²) in [4.78, 5) is 33.4. The Morgan fingerprint density at radius 2 is 2.10 bits per heavy atom. The molecule has 1 aromatic carbocycles. The van der Waals surface area contributed by atoms with Crippen LogP contribution in [0.4, 0.5) is 11.4 Å². The highest BCUT2D eigenvalue weighted by Crippen LogP contribution is 2.27. The van der Waals surface area contributed by atoms with Crippen molar-refractivity contribution < 1.29 is 9.72 Å². The van der Waals surface area contributed by atoms with Crippen molar-refractivity contribution in [2.24, 2.45) is 0 Å². The van der Waals surface area contributed by atoms with Crippen LogP contribution < -0.4 is 10.9 Å². The van der Waals surface area contributed by atoms with Gasteiger partial charge in [-0.3, -0.25) is 19.7 Å². The number of nitrogens with zero attached hydrogens (tertiary/aromatic N) is 2. The minimum atomic E-state index is -0.639. The molecular weight excluding hydrogens is 298 g/mol. The van der Waals surface area contributed by atoms with Gasteiger partial charge in [0.1, 0.15) is 11.6 Å². The summed E-state index contributed by atoms with van der Waals surface area (Å²) in [5, 5.41) is 13.2.